The summed E-state index contributed by atoms with van der Waals surface area (Å²) in [6.07, 6.45) is 5.19. The third kappa shape index (κ3) is 3.77. The van der Waals surface area contributed by atoms with Crippen molar-refractivity contribution < 1.29 is 0 Å². The first-order valence-corrected chi connectivity index (χ1v) is 6.10. The summed E-state index contributed by atoms with van der Waals surface area (Å²) in [5, 5.41) is 3.47. The topological polar surface area (TPSA) is 50.9 Å². The van der Waals surface area contributed by atoms with Crippen LogP contribution in [0, 0.1) is 0 Å². The zero-order valence-electron chi connectivity index (χ0n) is 9.86. The van der Waals surface area contributed by atoms with Gasteiger partial charge in [-0.05, 0) is 25.0 Å². The van der Waals surface area contributed by atoms with Gasteiger partial charge in [0.2, 0.25) is 0 Å². The lowest BCUT2D eigenvalue weighted by molar-refractivity contribution is 0.623. The lowest BCUT2D eigenvalue weighted by atomic mass is 10.1. The van der Waals surface area contributed by atoms with Gasteiger partial charge in [-0.2, -0.15) is 0 Å². The summed E-state index contributed by atoms with van der Waals surface area (Å²) in [5.41, 5.74) is 7.26. The minimum atomic E-state index is 0.340. The van der Waals surface area contributed by atoms with Crippen LogP contribution in [0.5, 0.6) is 0 Å². The number of pyridine rings is 1. The minimum absolute atomic E-state index is 0.340. The molecule has 0 spiro atoms. The average molecular weight is 237 g/mol. The number of nitrogens with one attached hydrogen (secondary N) is 1. The van der Waals surface area contributed by atoms with Crippen LogP contribution in [0.3, 0.4) is 0 Å². The van der Waals surface area contributed by atoms with Crippen molar-refractivity contribution in [1.29, 1.82) is 0 Å². The highest BCUT2D eigenvalue weighted by atomic mass is 32.1. The normalized spacial score (nSPS) is 12.1. The van der Waals surface area contributed by atoms with E-state index in [0.717, 1.165) is 12.1 Å². The molecular formula is C12H19N3S. The van der Waals surface area contributed by atoms with Gasteiger partial charge in [0.05, 0.1) is 5.69 Å². The Bertz CT molecular complexity index is 352. The predicted molar refractivity (Wildman–Crippen MR) is 72.7 cm³/mol. The molecule has 4 heteroatoms. The number of nitrogens with two attached hydrogens (primary N) is 1. The average Bonchev–Trinajstić information content (AvgIpc) is 2.29. The molecule has 1 rings (SSSR count). The highest BCUT2D eigenvalue weighted by Gasteiger charge is 2.06. The van der Waals surface area contributed by atoms with Gasteiger partial charge in [-0.3, -0.25) is 4.98 Å². The van der Waals surface area contributed by atoms with Crippen LogP contribution in [0.2, 0.25) is 0 Å². The molecule has 0 saturated heterocycles. The monoisotopic (exact) mass is 237 g/mol. The van der Waals surface area contributed by atoms with Crippen molar-refractivity contribution in [3.05, 3.63) is 24.0 Å². The van der Waals surface area contributed by atoms with Gasteiger partial charge in [0.1, 0.15) is 4.99 Å². The van der Waals surface area contributed by atoms with E-state index in [2.05, 4.69) is 24.1 Å². The molecule has 3 nitrogen and oxygen atoms in total. The molecule has 0 aliphatic carbocycles. The number of aromatic nitrogens is 1. The summed E-state index contributed by atoms with van der Waals surface area (Å²) < 4.78 is 0. The first kappa shape index (κ1) is 12.9. The second-order valence-electron chi connectivity index (χ2n) is 3.83. The minimum Gasteiger partial charge on any atom is -0.388 e. The third-order valence-corrected chi connectivity index (χ3v) is 2.72. The molecule has 1 heterocycles. The highest BCUT2D eigenvalue weighted by Crippen LogP contribution is 2.13. The van der Waals surface area contributed by atoms with Crippen LogP contribution in [0.15, 0.2) is 18.3 Å². The Morgan fingerprint density at radius 1 is 1.56 bits per heavy atom. The maximum Gasteiger partial charge on any atom is 0.122 e. The molecule has 0 aliphatic rings. The van der Waals surface area contributed by atoms with Gasteiger partial charge in [-0.15, -0.1) is 0 Å². The number of rotatable bonds is 6. The van der Waals surface area contributed by atoms with Crippen molar-refractivity contribution in [2.75, 3.05) is 5.32 Å². The molecule has 88 valence electrons. The summed E-state index contributed by atoms with van der Waals surface area (Å²) in [6.45, 7) is 4.38. The van der Waals surface area contributed by atoms with Crippen LogP contribution in [-0.2, 0) is 0 Å². The van der Waals surface area contributed by atoms with E-state index < -0.39 is 0 Å². The summed E-state index contributed by atoms with van der Waals surface area (Å²) in [7, 11) is 0. The van der Waals surface area contributed by atoms with E-state index in [1.165, 1.54) is 12.8 Å². The molecule has 1 unspecified atom stereocenters. The van der Waals surface area contributed by atoms with Gasteiger partial charge >= 0.3 is 0 Å². The fraction of sp³-hybridized carbons (Fsp3) is 0.500. The van der Waals surface area contributed by atoms with Gasteiger partial charge in [0.15, 0.2) is 0 Å². The molecule has 0 radical (unpaired) electrons. The maximum atomic E-state index is 5.55. The first-order valence-electron chi connectivity index (χ1n) is 5.69. The molecule has 1 atom stereocenters. The van der Waals surface area contributed by atoms with Crippen molar-refractivity contribution >= 4 is 22.9 Å². The molecule has 0 fully saturated rings. The van der Waals surface area contributed by atoms with Gasteiger partial charge < -0.3 is 11.1 Å². The van der Waals surface area contributed by atoms with Crippen LogP contribution in [0.25, 0.3) is 0 Å². The van der Waals surface area contributed by atoms with Crippen LogP contribution < -0.4 is 11.1 Å². The number of hydrogen-bond donors (Lipinski definition) is 2. The predicted octanol–water partition coefficient (Wildman–Crippen LogP) is 2.71. The van der Waals surface area contributed by atoms with Crippen LogP contribution in [-0.4, -0.2) is 16.0 Å². The lowest BCUT2D eigenvalue weighted by Crippen LogP contribution is -2.19. The Labute approximate surface area is 102 Å². The van der Waals surface area contributed by atoms with E-state index in [-0.39, 0.29) is 0 Å². The molecule has 0 aromatic carbocycles. The van der Waals surface area contributed by atoms with Gasteiger partial charge in [-0.1, -0.05) is 32.5 Å². The SMILES string of the molecule is CCCC(CC)Nc1ccnc(C(N)=S)c1. The van der Waals surface area contributed by atoms with Crippen molar-refractivity contribution in [2.45, 2.75) is 39.2 Å². The summed E-state index contributed by atoms with van der Waals surface area (Å²) in [6, 6.07) is 4.35. The molecule has 1 aromatic rings. The second kappa shape index (κ2) is 6.43. The Hall–Kier alpha value is -1.16. The van der Waals surface area contributed by atoms with Crippen LogP contribution >= 0.6 is 12.2 Å². The van der Waals surface area contributed by atoms with E-state index in [4.69, 9.17) is 18.0 Å². The highest BCUT2D eigenvalue weighted by molar-refractivity contribution is 7.80. The number of thiocarbonyl (C=S) groups is 1. The Morgan fingerprint density at radius 3 is 2.88 bits per heavy atom. The lowest BCUT2D eigenvalue weighted by Gasteiger charge is -2.17. The molecule has 16 heavy (non-hydrogen) atoms. The molecule has 0 bridgehead atoms. The smallest absolute Gasteiger partial charge is 0.122 e. The first-order chi connectivity index (χ1) is 7.67. The molecule has 0 saturated carbocycles. The van der Waals surface area contributed by atoms with E-state index in [1.807, 2.05) is 12.1 Å². The van der Waals surface area contributed by atoms with Crippen molar-refractivity contribution in [3.8, 4) is 0 Å². The zero-order chi connectivity index (χ0) is 12.0. The van der Waals surface area contributed by atoms with Gasteiger partial charge in [0.25, 0.3) is 0 Å². The molecule has 1 aromatic heterocycles. The quantitative estimate of drug-likeness (QED) is 0.747. The fourth-order valence-electron chi connectivity index (χ4n) is 1.62. The van der Waals surface area contributed by atoms with E-state index in [1.54, 1.807) is 6.20 Å². The Balaban J connectivity index is 2.72. The van der Waals surface area contributed by atoms with Crippen LogP contribution in [0.1, 0.15) is 38.8 Å². The number of anilines is 1. The van der Waals surface area contributed by atoms with E-state index in [0.29, 0.717) is 16.7 Å². The molecule has 0 amide bonds. The summed E-state index contributed by atoms with van der Waals surface area (Å²) in [5.74, 6) is 0. The Morgan fingerprint density at radius 2 is 2.31 bits per heavy atom. The molecular weight excluding hydrogens is 218 g/mol. The second-order valence-corrected chi connectivity index (χ2v) is 4.27. The molecule has 3 N–H and O–H groups in total. The van der Waals surface area contributed by atoms with Gasteiger partial charge in [-0.25, -0.2) is 0 Å². The van der Waals surface area contributed by atoms with Crippen molar-refractivity contribution in [2.24, 2.45) is 5.73 Å². The number of nitrogens with zero attached hydrogens (tertiary/aromatic N) is 1. The standard InChI is InChI=1S/C12H19N3S/c1-3-5-9(4-2)15-10-6-7-14-11(8-10)12(13)16/h6-9H,3-5H2,1-2H3,(H2,13,16)(H,14,15). The fourth-order valence-corrected chi connectivity index (χ4v) is 1.73. The largest absolute Gasteiger partial charge is 0.388 e. The number of hydrogen-bond acceptors (Lipinski definition) is 3. The third-order valence-electron chi connectivity index (χ3n) is 2.51. The summed E-state index contributed by atoms with van der Waals surface area (Å²) in [4.78, 5) is 4.45. The van der Waals surface area contributed by atoms with Crippen molar-refractivity contribution in [3.63, 3.8) is 0 Å². The van der Waals surface area contributed by atoms with E-state index >= 15 is 0 Å². The van der Waals surface area contributed by atoms with Crippen LogP contribution in [0.4, 0.5) is 5.69 Å². The Kier molecular flexibility index (Phi) is 5.19. The summed E-state index contributed by atoms with van der Waals surface area (Å²) >= 11 is 4.90. The molecule has 0 aliphatic heterocycles. The van der Waals surface area contributed by atoms with Gasteiger partial charge in [0, 0.05) is 17.9 Å². The van der Waals surface area contributed by atoms with E-state index in [9.17, 15) is 0 Å². The maximum absolute atomic E-state index is 5.55. The zero-order valence-corrected chi connectivity index (χ0v) is 10.7. The van der Waals surface area contributed by atoms with Crippen molar-refractivity contribution in [1.82, 2.24) is 4.98 Å².